The van der Waals surface area contributed by atoms with Crippen LogP contribution in [0.3, 0.4) is 0 Å². The summed E-state index contributed by atoms with van der Waals surface area (Å²) in [5, 5.41) is 9.02. The summed E-state index contributed by atoms with van der Waals surface area (Å²) in [4.78, 5) is 32.8. The van der Waals surface area contributed by atoms with Crippen molar-refractivity contribution in [3.63, 3.8) is 0 Å². The third-order valence-corrected chi connectivity index (χ3v) is 7.63. The zero-order valence-corrected chi connectivity index (χ0v) is 20.2. The molecule has 8 heteroatoms. The topological polar surface area (TPSA) is 83.6 Å². The van der Waals surface area contributed by atoms with Crippen LogP contribution in [0.2, 0.25) is 0 Å². The number of fused-ring (bicyclic) bond motifs is 1. The van der Waals surface area contributed by atoms with E-state index in [1.54, 1.807) is 18.3 Å². The van der Waals surface area contributed by atoms with Crippen molar-refractivity contribution < 1.29 is 14.3 Å². The van der Waals surface area contributed by atoms with Gasteiger partial charge in [0.2, 0.25) is 11.8 Å². The second kappa shape index (κ2) is 11.1. The van der Waals surface area contributed by atoms with Gasteiger partial charge in [0, 0.05) is 11.6 Å². The average molecular weight is 471 g/mol. The molecule has 4 rings (SSSR count). The molecule has 0 saturated carbocycles. The van der Waals surface area contributed by atoms with Gasteiger partial charge < -0.3 is 15.4 Å². The molecule has 1 spiro atoms. The van der Waals surface area contributed by atoms with Gasteiger partial charge in [0.05, 0.1) is 18.5 Å². The number of rotatable bonds is 2. The van der Waals surface area contributed by atoms with E-state index < -0.39 is 11.5 Å². The van der Waals surface area contributed by atoms with Gasteiger partial charge in [0.25, 0.3) is 0 Å². The fourth-order valence-corrected chi connectivity index (χ4v) is 5.44. The van der Waals surface area contributed by atoms with Crippen LogP contribution in [-0.4, -0.2) is 54.0 Å². The molecule has 0 unspecified atom stereocenters. The van der Waals surface area contributed by atoms with Crippen molar-refractivity contribution in [3.8, 4) is 5.75 Å². The average Bonchev–Trinajstić information content (AvgIpc) is 3.33. The summed E-state index contributed by atoms with van der Waals surface area (Å²) in [6, 6.07) is 7.54. The van der Waals surface area contributed by atoms with E-state index in [0.717, 1.165) is 68.9 Å². The van der Waals surface area contributed by atoms with Crippen LogP contribution in [0.15, 0.2) is 35.8 Å². The lowest BCUT2D eigenvalue weighted by Gasteiger charge is -2.41. The molecule has 2 N–H and O–H groups in total. The van der Waals surface area contributed by atoms with E-state index in [1.807, 2.05) is 29.8 Å². The number of piperidine rings is 1. The normalized spacial score (nSPS) is 22.9. The maximum Gasteiger partial charge on any atom is 0.242 e. The predicted octanol–water partition coefficient (Wildman–Crippen LogP) is 3.15. The maximum atomic E-state index is 13.5. The Labute approximate surface area is 199 Å². The van der Waals surface area contributed by atoms with Crippen molar-refractivity contribution in [2.45, 2.75) is 58.0 Å². The van der Waals surface area contributed by atoms with Gasteiger partial charge in [0.1, 0.15) is 23.4 Å². The van der Waals surface area contributed by atoms with Gasteiger partial charge in [0.15, 0.2) is 0 Å². The first-order valence-electron chi connectivity index (χ1n) is 12.0. The number of carbonyl (C=O) groups excluding carboxylic acids is 2. The third-order valence-electron chi connectivity index (χ3n) is 6.86. The van der Waals surface area contributed by atoms with E-state index >= 15 is 0 Å². The second-order valence-corrected chi connectivity index (χ2v) is 10.1. The summed E-state index contributed by atoms with van der Waals surface area (Å²) in [6.45, 7) is 5.14. The molecule has 2 aliphatic heterocycles. The minimum atomic E-state index is -0.569. The fourth-order valence-electron chi connectivity index (χ4n) is 4.79. The molecule has 1 atom stereocenters. The van der Waals surface area contributed by atoms with E-state index in [0.29, 0.717) is 13.2 Å². The number of hydrogen-bond donors (Lipinski definition) is 2. The Hall–Kier alpha value is -2.45. The van der Waals surface area contributed by atoms with E-state index in [9.17, 15) is 9.59 Å². The quantitative estimate of drug-likeness (QED) is 0.705. The van der Waals surface area contributed by atoms with Crippen molar-refractivity contribution in [2.75, 3.05) is 26.2 Å². The van der Waals surface area contributed by atoms with Crippen molar-refractivity contribution in [1.82, 2.24) is 20.5 Å². The zero-order valence-electron chi connectivity index (χ0n) is 19.3. The third kappa shape index (κ3) is 6.12. The first-order chi connectivity index (χ1) is 16.1. The molecule has 2 aromatic rings. The number of nitrogens with one attached hydrogen (secondary N) is 2. The van der Waals surface area contributed by atoms with Crippen LogP contribution in [0, 0.1) is 5.41 Å². The molecule has 3 heterocycles. The molecule has 33 heavy (non-hydrogen) atoms. The zero-order chi connectivity index (χ0) is 23.1. The number of thiazole rings is 1. The summed E-state index contributed by atoms with van der Waals surface area (Å²) in [7, 11) is 0. The highest BCUT2D eigenvalue weighted by Crippen LogP contribution is 2.38. The Balaban J connectivity index is 1.46. The number of hydrogen-bond acceptors (Lipinski definition) is 6. The number of para-hydroxylation sites is 1. The highest BCUT2D eigenvalue weighted by atomic mass is 32.1. The maximum absolute atomic E-state index is 13.5. The number of carbonyl (C=O) groups is 2. The first kappa shape index (κ1) is 23.7. The molecule has 1 fully saturated rings. The molecule has 1 aromatic heterocycles. The summed E-state index contributed by atoms with van der Waals surface area (Å²) in [5.41, 5.74) is 0.758. The molecule has 1 aromatic carbocycles. The number of likely N-dealkylation sites (tertiary alicyclic amines) is 1. The Morgan fingerprint density at radius 2 is 2.00 bits per heavy atom. The highest BCUT2D eigenvalue weighted by molar-refractivity contribution is 7.09. The lowest BCUT2D eigenvalue weighted by Crippen LogP contribution is -2.53. The Morgan fingerprint density at radius 3 is 2.79 bits per heavy atom. The molecule has 1 saturated heterocycles. The number of amides is 2. The van der Waals surface area contributed by atoms with E-state index in [4.69, 9.17) is 4.74 Å². The molecular formula is C25H34N4O3S. The minimum absolute atomic E-state index is 0.0190. The summed E-state index contributed by atoms with van der Waals surface area (Å²) in [5.74, 6) is 0.728. The first-order valence-corrected chi connectivity index (χ1v) is 12.8. The van der Waals surface area contributed by atoms with E-state index in [2.05, 4.69) is 26.6 Å². The number of benzene rings is 1. The molecule has 2 amide bonds. The summed E-state index contributed by atoms with van der Waals surface area (Å²) < 4.78 is 5.92. The van der Waals surface area contributed by atoms with Gasteiger partial charge in [-0.2, -0.15) is 0 Å². The van der Waals surface area contributed by atoms with Crippen LogP contribution in [0.25, 0.3) is 0 Å². The lowest BCUT2D eigenvalue weighted by atomic mass is 9.73. The molecule has 2 aliphatic rings. The number of aryl methyl sites for hydroxylation is 1. The van der Waals surface area contributed by atoms with Gasteiger partial charge in [-0.1, -0.05) is 24.6 Å². The van der Waals surface area contributed by atoms with Crippen molar-refractivity contribution in [1.29, 1.82) is 0 Å². The van der Waals surface area contributed by atoms with Crippen molar-refractivity contribution in [2.24, 2.45) is 5.41 Å². The van der Waals surface area contributed by atoms with Crippen molar-refractivity contribution >= 4 is 23.2 Å². The SMILES string of the molecule is C[C@@H]1NC(=O)C2(CCCCc3ccccc3OCCNC1=O)CCN(Cc1nccs1)CC2. The van der Waals surface area contributed by atoms with Crippen LogP contribution in [0.4, 0.5) is 0 Å². The van der Waals surface area contributed by atoms with Crippen molar-refractivity contribution in [3.05, 3.63) is 46.4 Å². The van der Waals surface area contributed by atoms with Gasteiger partial charge in [-0.3, -0.25) is 14.5 Å². The Morgan fingerprint density at radius 1 is 1.18 bits per heavy atom. The predicted molar refractivity (Wildman–Crippen MR) is 129 cm³/mol. The monoisotopic (exact) mass is 470 g/mol. The van der Waals surface area contributed by atoms with Crippen LogP contribution < -0.4 is 15.4 Å². The smallest absolute Gasteiger partial charge is 0.242 e. The largest absolute Gasteiger partial charge is 0.491 e. The van der Waals surface area contributed by atoms with Crippen LogP contribution >= 0.6 is 11.3 Å². The molecule has 178 valence electrons. The van der Waals surface area contributed by atoms with Crippen LogP contribution in [0.1, 0.15) is 49.6 Å². The second-order valence-electron chi connectivity index (χ2n) is 9.13. The molecule has 0 aliphatic carbocycles. The Kier molecular flexibility index (Phi) is 7.98. The number of aromatic nitrogens is 1. The standard InChI is InChI=1S/C25H34N4O3S/c1-19-23(30)27-12-16-32-21-8-3-2-6-20(21)7-4-5-9-25(24(31)28-19)10-14-29(15-11-25)18-22-26-13-17-33-22/h2-3,6,8,13,17,19H,4-5,7,9-12,14-16,18H2,1H3,(H,27,30)(H,28,31)/t19-/m0/s1. The molecule has 0 radical (unpaired) electrons. The summed E-state index contributed by atoms with van der Waals surface area (Å²) >= 11 is 1.67. The Bertz CT molecular complexity index is 925. The van der Waals surface area contributed by atoms with Gasteiger partial charge in [-0.05, 0) is 63.7 Å². The van der Waals surface area contributed by atoms with E-state index in [-0.39, 0.29) is 11.8 Å². The lowest BCUT2D eigenvalue weighted by molar-refractivity contribution is -0.138. The van der Waals surface area contributed by atoms with Gasteiger partial charge >= 0.3 is 0 Å². The van der Waals surface area contributed by atoms with Crippen LogP contribution in [0.5, 0.6) is 5.75 Å². The van der Waals surface area contributed by atoms with E-state index in [1.165, 1.54) is 5.56 Å². The molecular weight excluding hydrogens is 436 g/mol. The molecule has 0 bridgehead atoms. The fraction of sp³-hybridized carbons (Fsp3) is 0.560. The van der Waals surface area contributed by atoms with Gasteiger partial charge in [-0.15, -0.1) is 11.3 Å². The summed E-state index contributed by atoms with van der Waals surface area (Å²) in [6.07, 6.45) is 7.18. The minimum Gasteiger partial charge on any atom is -0.491 e. The van der Waals surface area contributed by atoms with Crippen LogP contribution in [-0.2, 0) is 22.6 Å². The number of nitrogens with zero attached hydrogens (tertiary/aromatic N) is 2. The molecule has 7 nitrogen and oxygen atoms in total. The highest BCUT2D eigenvalue weighted by Gasteiger charge is 2.41. The van der Waals surface area contributed by atoms with Gasteiger partial charge in [-0.25, -0.2) is 4.98 Å². The number of ether oxygens (including phenoxy) is 1.